The SMILES string of the molecule is Cc1cc(OC(=O)N2CCN(C(=O)OC(C)(C)C)CC2)ccc1C(C)C. The molecule has 0 unspecified atom stereocenters. The van der Waals surface area contributed by atoms with Crippen LogP contribution in [0.4, 0.5) is 9.59 Å². The van der Waals surface area contributed by atoms with E-state index in [9.17, 15) is 9.59 Å². The molecular weight excluding hydrogens is 332 g/mol. The average Bonchev–Trinajstić information content (AvgIpc) is 2.53. The molecule has 0 radical (unpaired) electrons. The highest BCUT2D eigenvalue weighted by Gasteiger charge is 2.28. The zero-order valence-corrected chi connectivity index (χ0v) is 16.7. The summed E-state index contributed by atoms with van der Waals surface area (Å²) in [5, 5.41) is 0. The third-order valence-corrected chi connectivity index (χ3v) is 4.26. The van der Waals surface area contributed by atoms with Crippen LogP contribution >= 0.6 is 0 Å². The van der Waals surface area contributed by atoms with Gasteiger partial charge >= 0.3 is 12.2 Å². The molecule has 1 aromatic rings. The van der Waals surface area contributed by atoms with Crippen LogP contribution in [0.3, 0.4) is 0 Å². The van der Waals surface area contributed by atoms with Gasteiger partial charge < -0.3 is 19.3 Å². The van der Waals surface area contributed by atoms with Crippen LogP contribution in [0.1, 0.15) is 51.7 Å². The van der Waals surface area contributed by atoms with E-state index in [1.807, 2.05) is 45.9 Å². The molecule has 0 atom stereocenters. The minimum absolute atomic E-state index is 0.342. The Bertz CT molecular complexity index is 656. The monoisotopic (exact) mass is 362 g/mol. The van der Waals surface area contributed by atoms with Gasteiger partial charge in [-0.3, -0.25) is 0 Å². The van der Waals surface area contributed by atoms with Crippen molar-refractivity contribution >= 4 is 12.2 Å². The molecular formula is C20H30N2O4. The Morgan fingerprint density at radius 2 is 1.54 bits per heavy atom. The molecule has 2 rings (SSSR count). The fraction of sp³-hybridized carbons (Fsp3) is 0.600. The molecule has 0 aliphatic carbocycles. The van der Waals surface area contributed by atoms with Gasteiger partial charge in [-0.15, -0.1) is 0 Å². The molecule has 144 valence electrons. The standard InChI is InChI=1S/C20H30N2O4/c1-14(2)17-8-7-16(13-15(17)3)25-18(23)21-9-11-22(12-10-21)19(24)26-20(4,5)6/h7-8,13-14H,9-12H2,1-6H3. The van der Waals surface area contributed by atoms with Crippen molar-refractivity contribution in [1.29, 1.82) is 0 Å². The van der Waals surface area contributed by atoms with Gasteiger partial charge in [-0.2, -0.15) is 0 Å². The van der Waals surface area contributed by atoms with E-state index in [1.54, 1.807) is 9.80 Å². The number of hydrogen-bond donors (Lipinski definition) is 0. The van der Waals surface area contributed by atoms with Crippen LogP contribution in [0.15, 0.2) is 18.2 Å². The first kappa shape index (κ1) is 20.1. The normalized spacial score (nSPS) is 15.2. The van der Waals surface area contributed by atoms with E-state index >= 15 is 0 Å². The average molecular weight is 362 g/mol. The Morgan fingerprint density at radius 1 is 1.00 bits per heavy atom. The first-order chi connectivity index (χ1) is 12.1. The van der Waals surface area contributed by atoms with Crippen LogP contribution < -0.4 is 4.74 Å². The van der Waals surface area contributed by atoms with Gasteiger partial charge in [0.1, 0.15) is 11.4 Å². The summed E-state index contributed by atoms with van der Waals surface area (Å²) in [4.78, 5) is 27.7. The van der Waals surface area contributed by atoms with E-state index < -0.39 is 5.60 Å². The van der Waals surface area contributed by atoms with Crippen LogP contribution in [-0.4, -0.2) is 53.8 Å². The lowest BCUT2D eigenvalue weighted by Gasteiger charge is -2.35. The number of aryl methyl sites for hydroxylation is 1. The largest absolute Gasteiger partial charge is 0.444 e. The van der Waals surface area contributed by atoms with Gasteiger partial charge in [0.15, 0.2) is 0 Å². The number of hydrogen-bond acceptors (Lipinski definition) is 4. The molecule has 0 bridgehead atoms. The summed E-state index contributed by atoms with van der Waals surface area (Å²) >= 11 is 0. The number of piperazine rings is 1. The van der Waals surface area contributed by atoms with E-state index in [2.05, 4.69) is 13.8 Å². The Labute approximate surface area is 156 Å². The van der Waals surface area contributed by atoms with Crippen molar-refractivity contribution < 1.29 is 19.1 Å². The van der Waals surface area contributed by atoms with Crippen LogP contribution in [0.5, 0.6) is 5.75 Å². The van der Waals surface area contributed by atoms with Gasteiger partial charge in [-0.05, 0) is 56.9 Å². The van der Waals surface area contributed by atoms with E-state index in [4.69, 9.17) is 9.47 Å². The predicted molar refractivity (Wildman–Crippen MR) is 101 cm³/mol. The number of ether oxygens (including phenoxy) is 2. The Balaban J connectivity index is 1.89. The van der Waals surface area contributed by atoms with Gasteiger partial charge in [-0.1, -0.05) is 19.9 Å². The summed E-state index contributed by atoms with van der Waals surface area (Å²) in [6, 6.07) is 5.73. The Hall–Kier alpha value is -2.24. The van der Waals surface area contributed by atoms with Crippen molar-refractivity contribution in [1.82, 2.24) is 9.80 Å². The lowest BCUT2D eigenvalue weighted by molar-refractivity contribution is 0.0154. The van der Waals surface area contributed by atoms with Gasteiger partial charge in [-0.25, -0.2) is 9.59 Å². The molecule has 26 heavy (non-hydrogen) atoms. The molecule has 1 aromatic carbocycles. The second kappa shape index (κ2) is 7.98. The molecule has 1 heterocycles. The van der Waals surface area contributed by atoms with E-state index in [0.29, 0.717) is 37.8 Å². The van der Waals surface area contributed by atoms with Crippen molar-refractivity contribution in [3.05, 3.63) is 29.3 Å². The molecule has 1 aliphatic rings. The lowest BCUT2D eigenvalue weighted by atomic mass is 9.98. The number of amides is 2. The predicted octanol–water partition coefficient (Wildman–Crippen LogP) is 4.17. The first-order valence-electron chi connectivity index (χ1n) is 9.12. The highest BCUT2D eigenvalue weighted by Crippen LogP contribution is 2.24. The van der Waals surface area contributed by atoms with E-state index in [0.717, 1.165) is 5.56 Å². The van der Waals surface area contributed by atoms with Crippen LogP contribution in [0.2, 0.25) is 0 Å². The molecule has 0 N–H and O–H groups in total. The first-order valence-corrected chi connectivity index (χ1v) is 9.12. The van der Waals surface area contributed by atoms with Crippen LogP contribution in [0, 0.1) is 6.92 Å². The zero-order chi connectivity index (χ0) is 19.5. The summed E-state index contributed by atoms with van der Waals surface area (Å²) in [5.74, 6) is 0.979. The van der Waals surface area contributed by atoms with Crippen molar-refractivity contribution in [3.63, 3.8) is 0 Å². The topological polar surface area (TPSA) is 59.1 Å². The molecule has 1 aliphatic heterocycles. The highest BCUT2D eigenvalue weighted by atomic mass is 16.6. The maximum Gasteiger partial charge on any atom is 0.415 e. The summed E-state index contributed by atoms with van der Waals surface area (Å²) in [7, 11) is 0. The second-order valence-electron chi connectivity index (χ2n) is 8.00. The number of rotatable bonds is 2. The summed E-state index contributed by atoms with van der Waals surface area (Å²) < 4.78 is 10.9. The molecule has 0 spiro atoms. The highest BCUT2D eigenvalue weighted by molar-refractivity contribution is 5.72. The van der Waals surface area contributed by atoms with E-state index in [-0.39, 0.29) is 12.2 Å². The Morgan fingerprint density at radius 3 is 2.00 bits per heavy atom. The van der Waals surface area contributed by atoms with Gasteiger partial charge in [0, 0.05) is 26.2 Å². The number of carbonyl (C=O) groups is 2. The van der Waals surface area contributed by atoms with E-state index in [1.165, 1.54) is 5.56 Å². The third-order valence-electron chi connectivity index (χ3n) is 4.26. The van der Waals surface area contributed by atoms with Gasteiger partial charge in [0.2, 0.25) is 0 Å². The van der Waals surface area contributed by atoms with Crippen molar-refractivity contribution in [3.8, 4) is 5.75 Å². The van der Waals surface area contributed by atoms with Crippen LogP contribution in [-0.2, 0) is 4.74 Å². The zero-order valence-electron chi connectivity index (χ0n) is 16.7. The Kier molecular flexibility index (Phi) is 6.16. The number of carbonyl (C=O) groups excluding carboxylic acids is 2. The van der Waals surface area contributed by atoms with Gasteiger partial charge in [0.05, 0.1) is 0 Å². The molecule has 6 nitrogen and oxygen atoms in total. The third kappa shape index (κ3) is 5.38. The molecule has 1 saturated heterocycles. The second-order valence-corrected chi connectivity index (χ2v) is 8.00. The number of nitrogens with zero attached hydrogens (tertiary/aromatic N) is 2. The minimum atomic E-state index is -0.521. The molecule has 6 heteroatoms. The smallest absolute Gasteiger partial charge is 0.415 e. The van der Waals surface area contributed by atoms with Crippen molar-refractivity contribution in [2.75, 3.05) is 26.2 Å². The quantitative estimate of drug-likeness (QED) is 0.792. The molecule has 0 saturated carbocycles. The van der Waals surface area contributed by atoms with Crippen molar-refractivity contribution in [2.45, 2.75) is 53.1 Å². The molecule has 2 amide bonds. The fourth-order valence-electron chi connectivity index (χ4n) is 2.92. The van der Waals surface area contributed by atoms with Gasteiger partial charge in [0.25, 0.3) is 0 Å². The molecule has 1 fully saturated rings. The summed E-state index contributed by atoms with van der Waals surface area (Å²) in [6.45, 7) is 13.6. The lowest BCUT2D eigenvalue weighted by Crippen LogP contribution is -2.52. The summed E-state index contributed by atoms with van der Waals surface area (Å²) in [5.41, 5.74) is 1.84. The summed E-state index contributed by atoms with van der Waals surface area (Å²) in [6.07, 6.45) is -0.726. The fourth-order valence-corrected chi connectivity index (χ4v) is 2.92. The maximum atomic E-state index is 12.4. The van der Waals surface area contributed by atoms with Crippen molar-refractivity contribution in [2.24, 2.45) is 0 Å². The minimum Gasteiger partial charge on any atom is -0.444 e. The number of benzene rings is 1. The van der Waals surface area contributed by atoms with Crippen LogP contribution in [0.25, 0.3) is 0 Å². The maximum absolute atomic E-state index is 12.4. The molecule has 0 aromatic heterocycles.